The SMILES string of the molecule is CNc1ccc(C2=CNN(c3ccc(NC)cc3)O2)cc1. The van der Waals surface area contributed by atoms with Crippen LogP contribution in [0.2, 0.25) is 0 Å². The van der Waals surface area contributed by atoms with Gasteiger partial charge in [0.2, 0.25) is 0 Å². The molecule has 2 aromatic carbocycles. The van der Waals surface area contributed by atoms with E-state index in [9.17, 15) is 0 Å². The predicted molar refractivity (Wildman–Crippen MR) is 86.7 cm³/mol. The Hall–Kier alpha value is -2.82. The van der Waals surface area contributed by atoms with E-state index in [2.05, 4.69) is 16.1 Å². The molecule has 0 atom stereocenters. The Morgan fingerprint density at radius 1 is 0.857 bits per heavy atom. The normalized spacial score (nSPS) is 13.2. The van der Waals surface area contributed by atoms with Gasteiger partial charge >= 0.3 is 0 Å². The maximum atomic E-state index is 5.82. The lowest BCUT2D eigenvalue weighted by atomic mass is 10.2. The third-order valence-corrected chi connectivity index (χ3v) is 3.35. The fourth-order valence-electron chi connectivity index (χ4n) is 2.10. The van der Waals surface area contributed by atoms with E-state index in [4.69, 9.17) is 4.84 Å². The van der Waals surface area contributed by atoms with Crippen LogP contribution in [0.4, 0.5) is 17.1 Å². The van der Waals surface area contributed by atoms with Crippen molar-refractivity contribution in [2.75, 3.05) is 29.9 Å². The van der Waals surface area contributed by atoms with Gasteiger partial charge in [-0.05, 0) is 48.5 Å². The first-order valence-corrected chi connectivity index (χ1v) is 6.80. The highest BCUT2D eigenvalue weighted by molar-refractivity contribution is 5.65. The van der Waals surface area contributed by atoms with Gasteiger partial charge in [0.25, 0.3) is 0 Å². The number of hydrogen-bond acceptors (Lipinski definition) is 5. The van der Waals surface area contributed by atoms with Crippen LogP contribution in [-0.2, 0) is 4.84 Å². The van der Waals surface area contributed by atoms with Gasteiger partial charge in [-0.2, -0.15) is 0 Å². The Bertz CT molecular complexity index is 634. The molecule has 1 aliphatic rings. The van der Waals surface area contributed by atoms with Crippen molar-refractivity contribution in [3.8, 4) is 0 Å². The minimum Gasteiger partial charge on any atom is -0.388 e. The zero-order valence-electron chi connectivity index (χ0n) is 12.1. The lowest BCUT2D eigenvalue weighted by Gasteiger charge is -2.18. The van der Waals surface area contributed by atoms with Gasteiger partial charge in [-0.25, -0.2) is 0 Å². The predicted octanol–water partition coefficient (Wildman–Crippen LogP) is 3.02. The Labute approximate surface area is 124 Å². The molecule has 0 aliphatic carbocycles. The van der Waals surface area contributed by atoms with E-state index in [-0.39, 0.29) is 0 Å². The summed E-state index contributed by atoms with van der Waals surface area (Å²) < 4.78 is 0. The Kier molecular flexibility index (Phi) is 3.55. The Morgan fingerprint density at radius 3 is 2.00 bits per heavy atom. The molecule has 0 bridgehead atoms. The van der Waals surface area contributed by atoms with Crippen molar-refractivity contribution in [2.45, 2.75) is 0 Å². The van der Waals surface area contributed by atoms with Gasteiger partial charge in [-0.3, -0.25) is 5.43 Å². The van der Waals surface area contributed by atoms with Crippen LogP contribution in [0.5, 0.6) is 0 Å². The largest absolute Gasteiger partial charge is 0.388 e. The van der Waals surface area contributed by atoms with E-state index in [1.165, 1.54) is 0 Å². The van der Waals surface area contributed by atoms with Crippen molar-refractivity contribution in [1.82, 2.24) is 5.43 Å². The topological polar surface area (TPSA) is 48.6 Å². The molecule has 0 aromatic heterocycles. The van der Waals surface area contributed by atoms with Crippen LogP contribution < -0.4 is 21.2 Å². The van der Waals surface area contributed by atoms with Gasteiger partial charge in [0.15, 0.2) is 5.76 Å². The molecule has 2 aromatic rings. The molecule has 0 radical (unpaired) electrons. The molecule has 0 unspecified atom stereocenters. The fourth-order valence-corrected chi connectivity index (χ4v) is 2.10. The minimum absolute atomic E-state index is 0.787. The van der Waals surface area contributed by atoms with Crippen LogP contribution in [0.15, 0.2) is 54.7 Å². The third kappa shape index (κ3) is 2.72. The average Bonchev–Trinajstić information content (AvgIpc) is 3.05. The molecule has 3 rings (SSSR count). The van der Waals surface area contributed by atoms with Crippen LogP contribution in [0.25, 0.3) is 5.76 Å². The molecule has 5 nitrogen and oxygen atoms in total. The second kappa shape index (κ2) is 5.66. The molecule has 0 saturated heterocycles. The first kappa shape index (κ1) is 13.2. The van der Waals surface area contributed by atoms with Crippen LogP contribution in [0.3, 0.4) is 0 Å². The molecular formula is C16H18N4O. The highest BCUT2D eigenvalue weighted by atomic mass is 16.7. The summed E-state index contributed by atoms with van der Waals surface area (Å²) >= 11 is 0. The second-order valence-electron chi connectivity index (χ2n) is 4.65. The van der Waals surface area contributed by atoms with E-state index in [1.807, 2.05) is 68.8 Å². The maximum absolute atomic E-state index is 5.82. The van der Waals surface area contributed by atoms with Crippen molar-refractivity contribution < 1.29 is 4.84 Å². The number of nitrogens with zero attached hydrogens (tertiary/aromatic N) is 1. The number of rotatable bonds is 4. The van der Waals surface area contributed by atoms with Gasteiger partial charge < -0.3 is 15.5 Å². The van der Waals surface area contributed by atoms with E-state index < -0.39 is 0 Å². The molecule has 1 heterocycles. The summed E-state index contributed by atoms with van der Waals surface area (Å²) in [5.74, 6) is 0.787. The quantitative estimate of drug-likeness (QED) is 0.804. The van der Waals surface area contributed by atoms with Crippen molar-refractivity contribution in [2.24, 2.45) is 0 Å². The molecule has 5 heteroatoms. The lowest BCUT2D eigenvalue weighted by molar-refractivity contribution is 0.243. The van der Waals surface area contributed by atoms with Crippen molar-refractivity contribution in [3.05, 3.63) is 60.3 Å². The second-order valence-corrected chi connectivity index (χ2v) is 4.65. The molecule has 0 spiro atoms. The van der Waals surface area contributed by atoms with Crippen molar-refractivity contribution in [1.29, 1.82) is 0 Å². The average molecular weight is 282 g/mol. The van der Waals surface area contributed by atoms with Crippen molar-refractivity contribution in [3.63, 3.8) is 0 Å². The minimum atomic E-state index is 0.787. The van der Waals surface area contributed by atoms with E-state index in [1.54, 1.807) is 5.17 Å². The molecule has 0 fully saturated rings. The standard InChI is InChI=1S/C16H18N4O/c1-17-13-5-3-12(4-6-13)16-11-19-20(21-16)15-9-7-14(18-2)8-10-15/h3-11,17-19H,1-2H3. The number of nitrogens with one attached hydrogen (secondary N) is 3. The summed E-state index contributed by atoms with van der Waals surface area (Å²) in [6.45, 7) is 0. The van der Waals surface area contributed by atoms with Gasteiger partial charge in [-0.1, -0.05) is 0 Å². The van der Waals surface area contributed by atoms with Crippen LogP contribution in [0, 0.1) is 0 Å². The van der Waals surface area contributed by atoms with Crippen LogP contribution in [-0.4, -0.2) is 14.1 Å². The zero-order chi connectivity index (χ0) is 14.7. The van der Waals surface area contributed by atoms with E-state index >= 15 is 0 Å². The number of benzene rings is 2. The van der Waals surface area contributed by atoms with Crippen LogP contribution in [0.1, 0.15) is 5.56 Å². The highest BCUT2D eigenvalue weighted by Gasteiger charge is 2.17. The van der Waals surface area contributed by atoms with Crippen molar-refractivity contribution >= 4 is 22.8 Å². The monoisotopic (exact) mass is 282 g/mol. The molecule has 0 saturated carbocycles. The molecule has 0 amide bonds. The Balaban J connectivity index is 1.71. The summed E-state index contributed by atoms with van der Waals surface area (Å²) in [5.41, 5.74) is 7.20. The highest BCUT2D eigenvalue weighted by Crippen LogP contribution is 2.26. The summed E-state index contributed by atoms with van der Waals surface area (Å²) in [4.78, 5) is 5.82. The zero-order valence-corrected chi connectivity index (χ0v) is 12.1. The lowest BCUT2D eigenvalue weighted by Crippen LogP contribution is -2.27. The molecule has 108 valence electrons. The third-order valence-electron chi connectivity index (χ3n) is 3.35. The molecule has 21 heavy (non-hydrogen) atoms. The molecular weight excluding hydrogens is 264 g/mol. The van der Waals surface area contributed by atoms with Crippen LogP contribution >= 0.6 is 0 Å². The fraction of sp³-hybridized carbons (Fsp3) is 0.125. The number of hydrogen-bond donors (Lipinski definition) is 3. The number of hydrazine groups is 1. The Morgan fingerprint density at radius 2 is 1.43 bits per heavy atom. The van der Waals surface area contributed by atoms with Gasteiger partial charge in [0.1, 0.15) is 0 Å². The summed E-state index contributed by atoms with van der Waals surface area (Å²) in [5, 5.41) is 7.83. The molecule has 3 N–H and O–H groups in total. The van der Waals surface area contributed by atoms with Gasteiger partial charge in [0.05, 0.1) is 11.9 Å². The smallest absolute Gasteiger partial charge is 0.182 e. The first-order chi connectivity index (χ1) is 10.3. The van der Waals surface area contributed by atoms with E-state index in [0.29, 0.717) is 0 Å². The first-order valence-electron chi connectivity index (χ1n) is 6.80. The summed E-state index contributed by atoms with van der Waals surface area (Å²) in [7, 11) is 3.80. The molecule has 1 aliphatic heterocycles. The summed E-state index contributed by atoms with van der Waals surface area (Å²) in [6.07, 6.45) is 1.85. The van der Waals surface area contributed by atoms with E-state index in [0.717, 1.165) is 28.4 Å². The summed E-state index contributed by atoms with van der Waals surface area (Å²) in [6, 6.07) is 16.0. The van der Waals surface area contributed by atoms with Gasteiger partial charge in [-0.15, -0.1) is 5.17 Å². The van der Waals surface area contributed by atoms with Gasteiger partial charge in [0, 0.05) is 31.0 Å². The maximum Gasteiger partial charge on any atom is 0.182 e. The number of anilines is 3.